The van der Waals surface area contributed by atoms with E-state index in [1.807, 2.05) is 23.1 Å². The Kier molecular flexibility index (Phi) is 8.28. The maximum Gasteiger partial charge on any atom is 0.278 e. The molecule has 0 bridgehead atoms. The lowest BCUT2D eigenvalue weighted by Gasteiger charge is -2.39. The minimum Gasteiger partial charge on any atom is -0.489 e. The number of imide groups is 1. The van der Waals surface area contributed by atoms with Crippen LogP contribution in [0, 0.1) is 17.1 Å². The molecule has 3 aliphatic heterocycles. The van der Waals surface area contributed by atoms with Gasteiger partial charge >= 0.3 is 0 Å². The molecule has 3 aromatic carbocycles. The number of amides is 3. The van der Waals surface area contributed by atoms with Crippen molar-refractivity contribution in [2.75, 3.05) is 31.1 Å². The molecule has 0 aromatic heterocycles. The third-order valence-electron chi connectivity index (χ3n) is 8.47. The average molecular weight is 598 g/mol. The third kappa shape index (κ3) is 6.00. The summed E-state index contributed by atoms with van der Waals surface area (Å²) in [4.78, 5) is 46.6. The van der Waals surface area contributed by atoms with Crippen LogP contribution in [0.3, 0.4) is 0 Å². The van der Waals surface area contributed by atoms with Crippen molar-refractivity contribution in [1.82, 2.24) is 15.3 Å². The molecule has 0 saturated carbocycles. The van der Waals surface area contributed by atoms with E-state index in [0.717, 1.165) is 23.7 Å². The fraction of sp³-hybridized carbons (Fsp3) is 0.333. The number of rotatable bonds is 8. The summed E-state index contributed by atoms with van der Waals surface area (Å²) in [6.07, 6.45) is -0.516. The Balaban J connectivity index is 1.03. The smallest absolute Gasteiger partial charge is 0.278 e. The highest BCUT2D eigenvalue weighted by molar-refractivity contribution is 6.00. The summed E-state index contributed by atoms with van der Waals surface area (Å²) < 4.78 is 20.6. The highest BCUT2D eigenvalue weighted by Crippen LogP contribution is 2.33. The number of piperazine rings is 1. The van der Waals surface area contributed by atoms with Crippen molar-refractivity contribution in [3.8, 4) is 11.8 Å². The number of nitriles is 1. The Morgan fingerprint density at radius 1 is 1.05 bits per heavy atom. The highest BCUT2D eigenvalue weighted by atomic mass is 19.1. The number of nitrogens with one attached hydrogen (secondary N) is 1. The van der Waals surface area contributed by atoms with Crippen LogP contribution >= 0.6 is 0 Å². The van der Waals surface area contributed by atoms with Gasteiger partial charge in [0.2, 0.25) is 5.91 Å². The molecule has 3 aliphatic rings. The van der Waals surface area contributed by atoms with Crippen LogP contribution in [0.1, 0.15) is 58.4 Å². The summed E-state index contributed by atoms with van der Waals surface area (Å²) in [5.74, 6) is -1.04. The highest BCUT2D eigenvalue weighted by Gasteiger charge is 2.36. The van der Waals surface area contributed by atoms with E-state index in [-0.39, 0.29) is 43.1 Å². The predicted molar refractivity (Wildman–Crippen MR) is 158 cm³/mol. The van der Waals surface area contributed by atoms with Crippen molar-refractivity contribution < 1.29 is 28.3 Å². The summed E-state index contributed by atoms with van der Waals surface area (Å²) in [5, 5.41) is 12.4. The Hall–Kier alpha value is -4.79. The molecular weight excluding hydrogens is 565 g/mol. The first-order valence-electron chi connectivity index (χ1n) is 14.6. The normalized spacial score (nSPS) is 19.4. The molecule has 226 valence electrons. The number of benzene rings is 3. The van der Waals surface area contributed by atoms with E-state index < -0.39 is 12.0 Å². The number of hydrogen-bond donors (Lipinski definition) is 1. The maximum absolute atomic E-state index is 14.5. The number of hydrogen-bond acceptors (Lipinski definition) is 8. The topological polar surface area (TPSA) is 115 Å². The molecule has 3 aromatic rings. The van der Waals surface area contributed by atoms with Crippen LogP contribution in [0.2, 0.25) is 0 Å². The molecule has 1 N–H and O–H groups in total. The molecule has 1 unspecified atom stereocenters. The van der Waals surface area contributed by atoms with Gasteiger partial charge in [-0.15, -0.1) is 0 Å². The lowest BCUT2D eigenvalue weighted by atomic mass is 10.0. The number of carbonyl (C=O) groups is 3. The molecule has 3 amide bonds. The van der Waals surface area contributed by atoms with Crippen molar-refractivity contribution in [2.45, 2.75) is 45.1 Å². The minimum absolute atomic E-state index is 0.142. The maximum atomic E-state index is 14.5. The molecule has 10 nitrogen and oxygen atoms in total. The lowest BCUT2D eigenvalue weighted by Crippen LogP contribution is -2.47. The second-order valence-electron chi connectivity index (χ2n) is 11.2. The first kappa shape index (κ1) is 29.3. The van der Waals surface area contributed by atoms with Crippen LogP contribution in [0.5, 0.6) is 5.75 Å². The first-order valence-corrected chi connectivity index (χ1v) is 14.6. The quantitative estimate of drug-likeness (QED) is 0.390. The van der Waals surface area contributed by atoms with E-state index in [1.165, 1.54) is 11.6 Å². The second-order valence-corrected chi connectivity index (χ2v) is 11.2. The van der Waals surface area contributed by atoms with Gasteiger partial charge in [0.25, 0.3) is 11.8 Å². The van der Waals surface area contributed by atoms with E-state index in [4.69, 9.17) is 14.8 Å². The summed E-state index contributed by atoms with van der Waals surface area (Å²) in [6, 6.07) is 20.3. The van der Waals surface area contributed by atoms with Crippen LogP contribution in [0.15, 0.2) is 60.7 Å². The zero-order chi connectivity index (χ0) is 30.8. The molecule has 3 heterocycles. The Labute approximate surface area is 254 Å². The van der Waals surface area contributed by atoms with Gasteiger partial charge in [0.1, 0.15) is 18.2 Å². The van der Waals surface area contributed by atoms with Gasteiger partial charge < -0.3 is 9.64 Å². The average Bonchev–Trinajstić information content (AvgIpc) is 3.36. The number of nitrogens with zero attached hydrogens (tertiary/aromatic N) is 4. The number of piperidine rings is 1. The number of carbonyl (C=O) groups excluding carboxylic acids is 3. The van der Waals surface area contributed by atoms with Crippen molar-refractivity contribution in [3.63, 3.8) is 0 Å². The molecule has 0 aliphatic carbocycles. The first-order chi connectivity index (χ1) is 21.3. The van der Waals surface area contributed by atoms with E-state index in [2.05, 4.69) is 29.3 Å². The summed E-state index contributed by atoms with van der Waals surface area (Å²) in [7, 11) is 0. The Morgan fingerprint density at radius 3 is 2.52 bits per heavy atom. The molecular formula is C33H32FN5O5. The summed E-state index contributed by atoms with van der Waals surface area (Å²) in [5.41, 5.74) is 4.14. The second kappa shape index (κ2) is 12.4. The molecule has 2 atom stereocenters. The molecule has 2 saturated heterocycles. The summed E-state index contributed by atoms with van der Waals surface area (Å²) in [6.45, 7) is 5.57. The predicted octanol–water partition coefficient (Wildman–Crippen LogP) is 3.85. The van der Waals surface area contributed by atoms with Crippen molar-refractivity contribution in [2.24, 2.45) is 0 Å². The van der Waals surface area contributed by atoms with Crippen molar-refractivity contribution in [1.29, 1.82) is 5.26 Å². The number of anilines is 1. The Bertz CT molecular complexity index is 1630. The monoisotopic (exact) mass is 597 g/mol. The zero-order valence-corrected chi connectivity index (χ0v) is 24.3. The lowest BCUT2D eigenvalue weighted by molar-refractivity contribution is -0.183. The van der Waals surface area contributed by atoms with Crippen LogP contribution in [0.25, 0.3) is 0 Å². The van der Waals surface area contributed by atoms with E-state index >= 15 is 0 Å². The van der Waals surface area contributed by atoms with Gasteiger partial charge in [-0.25, -0.2) is 9.45 Å². The van der Waals surface area contributed by atoms with Gasteiger partial charge in [0.05, 0.1) is 29.4 Å². The van der Waals surface area contributed by atoms with Crippen LogP contribution in [-0.2, 0) is 27.6 Å². The molecule has 0 spiro atoms. The van der Waals surface area contributed by atoms with Gasteiger partial charge in [-0.2, -0.15) is 5.26 Å². The SMILES string of the molecule is C[C@H](c1ccc(COc2cccc3c2CN(OC2CCC(=O)NC2=O)C3=O)cc1)N1CCN(c2ccc(C#N)cc2F)CC1. The standard InChI is InChI=1S/C33H32FN5O5/c1-21(37-13-15-38(16-14-37)28-10-7-23(18-35)17-27(28)34)24-8-5-22(6-9-24)20-43-29-4-2-3-25-26(29)19-39(33(25)42)44-30-11-12-31(40)36-32(30)41/h2-10,17,21,30H,11-16,19-20H2,1H3,(H,36,40,41)/t21-,30?/m1/s1. The van der Waals surface area contributed by atoms with Crippen LogP contribution in [0.4, 0.5) is 10.1 Å². The largest absolute Gasteiger partial charge is 0.489 e. The van der Waals surface area contributed by atoms with Gasteiger partial charge in [0.15, 0.2) is 6.10 Å². The van der Waals surface area contributed by atoms with E-state index in [0.29, 0.717) is 47.8 Å². The van der Waals surface area contributed by atoms with Crippen LogP contribution in [-0.4, -0.2) is 60.0 Å². The molecule has 11 heteroatoms. The van der Waals surface area contributed by atoms with Crippen molar-refractivity contribution >= 4 is 23.4 Å². The van der Waals surface area contributed by atoms with E-state index in [9.17, 15) is 18.8 Å². The van der Waals surface area contributed by atoms with Gasteiger partial charge in [-0.3, -0.25) is 29.4 Å². The molecule has 6 rings (SSSR count). The third-order valence-corrected chi connectivity index (χ3v) is 8.47. The van der Waals surface area contributed by atoms with Gasteiger partial charge in [-0.05, 0) is 54.8 Å². The van der Waals surface area contributed by atoms with E-state index in [1.54, 1.807) is 30.3 Å². The number of hydroxylamine groups is 2. The fourth-order valence-corrected chi connectivity index (χ4v) is 5.87. The van der Waals surface area contributed by atoms with Gasteiger partial charge in [0, 0.05) is 44.2 Å². The number of ether oxygens (including phenoxy) is 1. The number of halogens is 1. The zero-order valence-electron chi connectivity index (χ0n) is 24.3. The van der Waals surface area contributed by atoms with Gasteiger partial charge in [-0.1, -0.05) is 30.3 Å². The Morgan fingerprint density at radius 2 is 1.82 bits per heavy atom. The number of fused-ring (bicyclic) bond motifs is 1. The molecule has 2 fully saturated rings. The summed E-state index contributed by atoms with van der Waals surface area (Å²) >= 11 is 0. The van der Waals surface area contributed by atoms with Crippen molar-refractivity contribution in [3.05, 3.63) is 94.3 Å². The fourth-order valence-electron chi connectivity index (χ4n) is 5.87. The minimum atomic E-state index is -0.898. The molecule has 0 radical (unpaired) electrons. The van der Waals surface area contributed by atoms with Crippen LogP contribution < -0.4 is 15.0 Å². The molecule has 44 heavy (non-hydrogen) atoms.